The normalized spacial score (nSPS) is 17.5. The number of aryl methyl sites for hydroxylation is 1. The maximum absolute atomic E-state index is 11.1. The molecule has 1 aliphatic carbocycles. The lowest BCUT2D eigenvalue weighted by molar-refractivity contribution is -0.139. The summed E-state index contributed by atoms with van der Waals surface area (Å²) in [5, 5.41) is 9.14. The van der Waals surface area contributed by atoms with Crippen molar-refractivity contribution >= 4 is 5.97 Å². The highest BCUT2D eigenvalue weighted by Gasteiger charge is 2.27. The molecular weight excluding hydrogens is 250 g/mol. The van der Waals surface area contributed by atoms with Crippen LogP contribution in [-0.4, -0.2) is 34.6 Å². The van der Waals surface area contributed by atoms with Gasteiger partial charge in [0, 0.05) is 12.1 Å². The molecule has 3 heteroatoms. The first-order valence-electron chi connectivity index (χ1n) is 7.68. The molecule has 20 heavy (non-hydrogen) atoms. The number of carboxylic acid groups (broad SMARTS) is 1. The fourth-order valence-electron chi connectivity index (χ4n) is 3.22. The second-order valence-electron chi connectivity index (χ2n) is 5.88. The molecule has 1 fully saturated rings. The van der Waals surface area contributed by atoms with Crippen molar-refractivity contribution in [3.05, 3.63) is 35.9 Å². The average molecular weight is 275 g/mol. The molecule has 1 aromatic carbocycles. The number of carboxylic acids is 1. The molecule has 0 amide bonds. The Balaban J connectivity index is 1.91. The highest BCUT2D eigenvalue weighted by Crippen LogP contribution is 2.26. The summed E-state index contributed by atoms with van der Waals surface area (Å²) >= 11 is 0. The predicted octanol–water partition coefficient (Wildman–Crippen LogP) is 3.34. The summed E-state index contributed by atoms with van der Waals surface area (Å²) in [5.74, 6) is -0.705. The van der Waals surface area contributed by atoms with Gasteiger partial charge in [0.25, 0.3) is 0 Å². The van der Waals surface area contributed by atoms with Crippen molar-refractivity contribution in [1.29, 1.82) is 0 Å². The molecule has 110 valence electrons. The van der Waals surface area contributed by atoms with E-state index in [1.165, 1.54) is 18.4 Å². The molecule has 0 aromatic heterocycles. The molecule has 1 atom stereocenters. The highest BCUT2D eigenvalue weighted by molar-refractivity contribution is 5.69. The summed E-state index contributed by atoms with van der Waals surface area (Å²) in [7, 11) is 0. The summed E-state index contributed by atoms with van der Waals surface area (Å²) in [4.78, 5) is 13.3. The molecule has 0 heterocycles. The van der Waals surface area contributed by atoms with E-state index in [0.717, 1.165) is 25.7 Å². The van der Waals surface area contributed by atoms with Gasteiger partial charge in [0.05, 0.1) is 6.54 Å². The van der Waals surface area contributed by atoms with Gasteiger partial charge in [-0.1, -0.05) is 43.2 Å². The van der Waals surface area contributed by atoms with Crippen LogP contribution in [0.1, 0.15) is 44.6 Å². The molecule has 1 unspecified atom stereocenters. The highest BCUT2D eigenvalue weighted by atomic mass is 16.4. The van der Waals surface area contributed by atoms with Gasteiger partial charge in [0.15, 0.2) is 0 Å². The minimum absolute atomic E-state index is 0.181. The third kappa shape index (κ3) is 4.34. The Morgan fingerprint density at radius 3 is 2.55 bits per heavy atom. The van der Waals surface area contributed by atoms with E-state index in [1.54, 1.807) is 0 Å². The number of rotatable bonds is 7. The number of hydrogen-bond acceptors (Lipinski definition) is 2. The standard InChI is InChI=1S/C17H25NO2/c1-14(11-12-15-7-3-2-4-8-15)18(13-17(19)20)16-9-5-6-10-16/h2-4,7-8,14,16H,5-6,9-13H2,1H3,(H,19,20). The van der Waals surface area contributed by atoms with Crippen LogP contribution in [0.4, 0.5) is 0 Å². The monoisotopic (exact) mass is 275 g/mol. The van der Waals surface area contributed by atoms with Crippen LogP contribution in [-0.2, 0) is 11.2 Å². The van der Waals surface area contributed by atoms with E-state index in [1.807, 2.05) is 6.07 Å². The van der Waals surface area contributed by atoms with Gasteiger partial charge in [-0.2, -0.15) is 0 Å². The molecule has 0 aliphatic heterocycles. The lowest BCUT2D eigenvalue weighted by Gasteiger charge is -2.33. The summed E-state index contributed by atoms with van der Waals surface area (Å²) in [6.07, 6.45) is 6.84. The molecule has 0 spiro atoms. The number of benzene rings is 1. The molecular formula is C17H25NO2. The zero-order chi connectivity index (χ0) is 14.4. The Hall–Kier alpha value is -1.35. The Bertz CT molecular complexity index is 412. The van der Waals surface area contributed by atoms with Gasteiger partial charge in [-0.25, -0.2) is 0 Å². The first kappa shape index (κ1) is 15.0. The number of carbonyl (C=O) groups is 1. The van der Waals surface area contributed by atoms with Crippen molar-refractivity contribution in [3.8, 4) is 0 Å². The first-order chi connectivity index (χ1) is 9.66. The summed E-state index contributed by atoms with van der Waals surface area (Å²) in [6.45, 7) is 2.35. The minimum atomic E-state index is -0.705. The van der Waals surface area contributed by atoms with Gasteiger partial charge >= 0.3 is 5.97 Å². The lowest BCUT2D eigenvalue weighted by Crippen LogP contribution is -2.43. The second kappa shape index (κ2) is 7.44. The van der Waals surface area contributed by atoms with Crippen molar-refractivity contribution in [2.24, 2.45) is 0 Å². The summed E-state index contributed by atoms with van der Waals surface area (Å²) in [6, 6.07) is 11.2. The van der Waals surface area contributed by atoms with Crippen LogP contribution in [0.2, 0.25) is 0 Å². The van der Waals surface area contributed by atoms with Crippen LogP contribution in [0.5, 0.6) is 0 Å². The molecule has 0 bridgehead atoms. The molecule has 3 nitrogen and oxygen atoms in total. The largest absolute Gasteiger partial charge is 0.480 e. The van der Waals surface area contributed by atoms with Gasteiger partial charge in [-0.05, 0) is 38.2 Å². The van der Waals surface area contributed by atoms with E-state index in [2.05, 4.69) is 36.1 Å². The van der Waals surface area contributed by atoms with Crippen molar-refractivity contribution in [2.45, 2.75) is 57.5 Å². The van der Waals surface area contributed by atoms with Crippen molar-refractivity contribution in [1.82, 2.24) is 4.90 Å². The Kier molecular flexibility index (Phi) is 5.60. The molecule has 2 rings (SSSR count). The Morgan fingerprint density at radius 2 is 1.95 bits per heavy atom. The first-order valence-corrected chi connectivity index (χ1v) is 7.68. The zero-order valence-electron chi connectivity index (χ0n) is 12.3. The zero-order valence-corrected chi connectivity index (χ0v) is 12.3. The van der Waals surface area contributed by atoms with E-state index < -0.39 is 5.97 Å². The molecule has 1 aromatic rings. The van der Waals surface area contributed by atoms with Crippen LogP contribution in [0.3, 0.4) is 0 Å². The summed E-state index contributed by atoms with van der Waals surface area (Å²) in [5.41, 5.74) is 1.33. The van der Waals surface area contributed by atoms with Crippen molar-refractivity contribution in [2.75, 3.05) is 6.54 Å². The van der Waals surface area contributed by atoms with Gasteiger partial charge in [0.1, 0.15) is 0 Å². The SMILES string of the molecule is CC(CCc1ccccc1)N(CC(=O)O)C1CCCC1. The fraction of sp³-hybridized carbons (Fsp3) is 0.588. The quantitative estimate of drug-likeness (QED) is 0.829. The maximum atomic E-state index is 11.1. The predicted molar refractivity (Wildman–Crippen MR) is 80.8 cm³/mol. The average Bonchev–Trinajstić information content (AvgIpc) is 2.97. The fourth-order valence-corrected chi connectivity index (χ4v) is 3.22. The van der Waals surface area contributed by atoms with Gasteiger partial charge in [0.2, 0.25) is 0 Å². The molecule has 0 radical (unpaired) electrons. The smallest absolute Gasteiger partial charge is 0.317 e. The van der Waals surface area contributed by atoms with Gasteiger partial charge < -0.3 is 5.11 Å². The van der Waals surface area contributed by atoms with E-state index in [-0.39, 0.29) is 6.54 Å². The van der Waals surface area contributed by atoms with Crippen LogP contribution >= 0.6 is 0 Å². The van der Waals surface area contributed by atoms with E-state index in [0.29, 0.717) is 12.1 Å². The van der Waals surface area contributed by atoms with Gasteiger partial charge in [-0.3, -0.25) is 9.69 Å². The topological polar surface area (TPSA) is 40.5 Å². The van der Waals surface area contributed by atoms with Crippen molar-refractivity contribution < 1.29 is 9.90 Å². The summed E-state index contributed by atoms with van der Waals surface area (Å²) < 4.78 is 0. The van der Waals surface area contributed by atoms with Gasteiger partial charge in [-0.15, -0.1) is 0 Å². The van der Waals surface area contributed by atoms with Crippen LogP contribution in [0.25, 0.3) is 0 Å². The maximum Gasteiger partial charge on any atom is 0.317 e. The second-order valence-corrected chi connectivity index (χ2v) is 5.88. The molecule has 1 N–H and O–H groups in total. The Labute approximate surface area is 121 Å². The van der Waals surface area contributed by atoms with Crippen LogP contribution in [0.15, 0.2) is 30.3 Å². The number of aliphatic carboxylic acids is 1. The molecule has 1 saturated carbocycles. The van der Waals surface area contributed by atoms with E-state index >= 15 is 0 Å². The van der Waals surface area contributed by atoms with Crippen LogP contribution in [0, 0.1) is 0 Å². The third-order valence-corrected chi connectivity index (χ3v) is 4.37. The molecule has 1 aliphatic rings. The number of hydrogen-bond donors (Lipinski definition) is 1. The molecule has 0 saturated heterocycles. The third-order valence-electron chi connectivity index (χ3n) is 4.37. The van der Waals surface area contributed by atoms with E-state index in [4.69, 9.17) is 5.11 Å². The number of nitrogens with zero attached hydrogens (tertiary/aromatic N) is 1. The van der Waals surface area contributed by atoms with E-state index in [9.17, 15) is 4.79 Å². The van der Waals surface area contributed by atoms with Crippen molar-refractivity contribution in [3.63, 3.8) is 0 Å². The Morgan fingerprint density at radius 1 is 1.30 bits per heavy atom. The minimum Gasteiger partial charge on any atom is -0.480 e. The lowest BCUT2D eigenvalue weighted by atomic mass is 10.0. The van der Waals surface area contributed by atoms with Crippen LogP contribution < -0.4 is 0 Å².